The summed E-state index contributed by atoms with van der Waals surface area (Å²) in [7, 11) is 1.59. The monoisotopic (exact) mass is 262 g/mol. The number of para-hydroxylation sites is 1. The summed E-state index contributed by atoms with van der Waals surface area (Å²) >= 11 is 6.08. The van der Waals surface area contributed by atoms with Crippen molar-refractivity contribution in [2.45, 2.75) is 6.92 Å². The largest absolute Gasteiger partial charge is 0.495 e. The molecule has 0 radical (unpaired) electrons. The lowest BCUT2D eigenvalue weighted by atomic mass is 10.1. The summed E-state index contributed by atoms with van der Waals surface area (Å²) in [5.74, 6) is 0.653. The lowest BCUT2D eigenvalue weighted by Crippen LogP contribution is -1.98. The summed E-state index contributed by atoms with van der Waals surface area (Å²) in [5.41, 5.74) is 9.52. The van der Waals surface area contributed by atoms with Gasteiger partial charge in [-0.25, -0.2) is 0 Å². The van der Waals surface area contributed by atoms with Crippen molar-refractivity contribution in [3.8, 4) is 5.75 Å². The van der Waals surface area contributed by atoms with E-state index in [2.05, 4.69) is 5.32 Å². The lowest BCUT2D eigenvalue weighted by Gasteiger charge is -2.13. The molecular weight excluding hydrogens is 248 g/mol. The number of aryl methyl sites for hydroxylation is 1. The molecule has 0 atom stereocenters. The predicted octanol–water partition coefficient (Wildman–Crippen LogP) is 3.98. The van der Waals surface area contributed by atoms with Gasteiger partial charge in [0.05, 0.1) is 23.5 Å². The van der Waals surface area contributed by atoms with E-state index in [4.69, 9.17) is 22.1 Å². The average molecular weight is 263 g/mol. The number of ether oxygens (including phenoxy) is 1. The first-order valence-electron chi connectivity index (χ1n) is 5.57. The van der Waals surface area contributed by atoms with Crippen molar-refractivity contribution in [3.05, 3.63) is 47.0 Å². The second-order valence-electron chi connectivity index (χ2n) is 4.01. The van der Waals surface area contributed by atoms with Gasteiger partial charge in [0.25, 0.3) is 0 Å². The number of anilines is 3. The normalized spacial score (nSPS) is 10.2. The summed E-state index contributed by atoms with van der Waals surface area (Å²) in [4.78, 5) is 0. The summed E-state index contributed by atoms with van der Waals surface area (Å²) in [6.07, 6.45) is 0. The van der Waals surface area contributed by atoms with Crippen LogP contribution in [0.2, 0.25) is 5.02 Å². The molecule has 0 bridgehead atoms. The summed E-state index contributed by atoms with van der Waals surface area (Å²) in [6.45, 7) is 2.00. The predicted molar refractivity (Wildman–Crippen MR) is 76.9 cm³/mol. The fraction of sp³-hybridized carbons (Fsp3) is 0.143. The Labute approximate surface area is 112 Å². The van der Waals surface area contributed by atoms with Crippen LogP contribution in [0.25, 0.3) is 0 Å². The Kier molecular flexibility index (Phi) is 3.63. The second kappa shape index (κ2) is 5.19. The van der Waals surface area contributed by atoms with Gasteiger partial charge in [0.1, 0.15) is 5.75 Å². The molecule has 3 nitrogen and oxygen atoms in total. The number of rotatable bonds is 3. The maximum Gasteiger partial charge on any atom is 0.137 e. The van der Waals surface area contributed by atoms with Crippen LogP contribution in [-0.4, -0.2) is 7.11 Å². The Hall–Kier alpha value is -1.87. The summed E-state index contributed by atoms with van der Waals surface area (Å²) in [6, 6.07) is 11.3. The highest BCUT2D eigenvalue weighted by Crippen LogP contribution is 2.31. The lowest BCUT2D eigenvalue weighted by molar-refractivity contribution is 0.415. The van der Waals surface area contributed by atoms with Crippen LogP contribution in [-0.2, 0) is 0 Å². The molecule has 2 rings (SSSR count). The molecule has 0 aliphatic carbocycles. The van der Waals surface area contributed by atoms with Crippen molar-refractivity contribution in [2.24, 2.45) is 0 Å². The molecule has 0 saturated heterocycles. The van der Waals surface area contributed by atoms with Crippen molar-refractivity contribution < 1.29 is 4.74 Å². The molecule has 4 heteroatoms. The van der Waals surface area contributed by atoms with Crippen LogP contribution < -0.4 is 15.8 Å². The standard InChI is InChI=1S/C14H15ClN2O/c1-9-4-3-5-12(16)14(9)17-10-6-7-13(18-2)11(15)8-10/h3-8,17H,16H2,1-2H3. The van der Waals surface area contributed by atoms with E-state index >= 15 is 0 Å². The molecule has 94 valence electrons. The van der Waals surface area contributed by atoms with Crippen molar-refractivity contribution in [3.63, 3.8) is 0 Å². The Morgan fingerprint density at radius 1 is 1.22 bits per heavy atom. The fourth-order valence-corrected chi connectivity index (χ4v) is 2.01. The zero-order valence-corrected chi connectivity index (χ0v) is 11.1. The minimum Gasteiger partial charge on any atom is -0.495 e. The van der Waals surface area contributed by atoms with Crippen LogP contribution in [0, 0.1) is 6.92 Å². The van der Waals surface area contributed by atoms with Crippen LogP contribution in [0.4, 0.5) is 17.1 Å². The smallest absolute Gasteiger partial charge is 0.137 e. The molecule has 2 aromatic carbocycles. The van der Waals surface area contributed by atoms with Gasteiger partial charge in [0, 0.05) is 5.69 Å². The van der Waals surface area contributed by atoms with E-state index in [1.807, 2.05) is 43.3 Å². The number of nitrogens with two attached hydrogens (primary N) is 1. The first kappa shape index (κ1) is 12.6. The van der Waals surface area contributed by atoms with Crippen LogP contribution in [0.3, 0.4) is 0 Å². The minimum atomic E-state index is 0.564. The van der Waals surface area contributed by atoms with Crippen LogP contribution in [0.5, 0.6) is 5.75 Å². The van der Waals surface area contributed by atoms with E-state index in [0.29, 0.717) is 16.5 Å². The topological polar surface area (TPSA) is 47.3 Å². The molecule has 0 amide bonds. The van der Waals surface area contributed by atoms with Crippen molar-refractivity contribution >= 4 is 28.7 Å². The molecule has 2 aromatic rings. The van der Waals surface area contributed by atoms with Crippen molar-refractivity contribution in [1.82, 2.24) is 0 Å². The molecule has 18 heavy (non-hydrogen) atoms. The van der Waals surface area contributed by atoms with E-state index in [1.54, 1.807) is 7.11 Å². The van der Waals surface area contributed by atoms with E-state index in [9.17, 15) is 0 Å². The highest BCUT2D eigenvalue weighted by Gasteiger charge is 2.05. The third-order valence-electron chi connectivity index (χ3n) is 2.73. The van der Waals surface area contributed by atoms with Crippen molar-refractivity contribution in [2.75, 3.05) is 18.2 Å². The Balaban J connectivity index is 2.32. The van der Waals surface area contributed by atoms with Gasteiger partial charge in [0.2, 0.25) is 0 Å². The van der Waals surface area contributed by atoms with E-state index in [-0.39, 0.29) is 0 Å². The zero-order chi connectivity index (χ0) is 13.1. The molecular formula is C14H15ClN2O. The molecule has 0 aliphatic rings. The van der Waals surface area contributed by atoms with E-state index in [0.717, 1.165) is 16.9 Å². The zero-order valence-electron chi connectivity index (χ0n) is 10.3. The van der Waals surface area contributed by atoms with E-state index in [1.165, 1.54) is 0 Å². The Bertz CT molecular complexity index is 549. The number of nitrogens with one attached hydrogen (secondary N) is 1. The van der Waals surface area contributed by atoms with Gasteiger partial charge < -0.3 is 15.8 Å². The Morgan fingerprint density at radius 2 is 2.00 bits per heavy atom. The molecule has 0 fully saturated rings. The molecule has 0 spiro atoms. The van der Waals surface area contributed by atoms with Crippen molar-refractivity contribution in [1.29, 1.82) is 0 Å². The molecule has 0 aliphatic heterocycles. The van der Waals surface area contributed by atoms with Gasteiger partial charge in [-0.05, 0) is 36.8 Å². The van der Waals surface area contributed by atoms with Gasteiger partial charge >= 0.3 is 0 Å². The average Bonchev–Trinajstić information content (AvgIpc) is 2.34. The maximum atomic E-state index is 6.08. The highest BCUT2D eigenvalue weighted by molar-refractivity contribution is 6.32. The number of hydrogen-bond acceptors (Lipinski definition) is 3. The van der Waals surface area contributed by atoms with Gasteiger partial charge in [0.15, 0.2) is 0 Å². The molecule has 3 N–H and O–H groups in total. The fourth-order valence-electron chi connectivity index (χ4n) is 1.75. The summed E-state index contributed by atoms with van der Waals surface area (Å²) < 4.78 is 5.11. The third kappa shape index (κ3) is 2.51. The maximum absolute atomic E-state index is 6.08. The van der Waals surface area contributed by atoms with Crippen LogP contribution in [0.1, 0.15) is 5.56 Å². The molecule has 0 saturated carbocycles. The highest BCUT2D eigenvalue weighted by atomic mass is 35.5. The molecule has 0 heterocycles. The van der Waals surface area contributed by atoms with Gasteiger partial charge in [-0.2, -0.15) is 0 Å². The number of nitrogen functional groups attached to an aromatic ring is 1. The first-order valence-corrected chi connectivity index (χ1v) is 5.95. The van der Waals surface area contributed by atoms with E-state index < -0.39 is 0 Å². The molecule has 0 unspecified atom stereocenters. The third-order valence-corrected chi connectivity index (χ3v) is 3.02. The number of benzene rings is 2. The minimum absolute atomic E-state index is 0.564. The number of hydrogen-bond donors (Lipinski definition) is 2. The SMILES string of the molecule is COc1ccc(Nc2c(C)cccc2N)cc1Cl. The van der Waals surface area contributed by atoms with Gasteiger partial charge in [-0.3, -0.25) is 0 Å². The second-order valence-corrected chi connectivity index (χ2v) is 4.42. The first-order chi connectivity index (χ1) is 8.61. The van der Waals surface area contributed by atoms with Crippen LogP contribution in [0.15, 0.2) is 36.4 Å². The molecule has 0 aromatic heterocycles. The summed E-state index contributed by atoms with van der Waals surface area (Å²) in [5, 5.41) is 3.83. The quantitative estimate of drug-likeness (QED) is 0.823. The van der Waals surface area contributed by atoms with Crippen LogP contribution >= 0.6 is 11.6 Å². The number of methoxy groups -OCH3 is 1. The van der Waals surface area contributed by atoms with Gasteiger partial charge in [-0.15, -0.1) is 0 Å². The number of halogens is 1. The Morgan fingerprint density at radius 3 is 2.61 bits per heavy atom. The van der Waals surface area contributed by atoms with Gasteiger partial charge in [-0.1, -0.05) is 23.7 Å².